The molecule has 1 aromatic rings. The summed E-state index contributed by atoms with van der Waals surface area (Å²) in [4.78, 5) is 14.6. The molecule has 0 aliphatic carbocycles. The first kappa shape index (κ1) is 17.0. The van der Waals surface area contributed by atoms with Gasteiger partial charge in [0.1, 0.15) is 5.75 Å². The number of methoxy groups -OCH3 is 1. The van der Waals surface area contributed by atoms with Crippen LogP contribution >= 0.6 is 0 Å². The first-order valence-corrected chi connectivity index (χ1v) is 8.69. The van der Waals surface area contributed by atoms with Gasteiger partial charge in [-0.15, -0.1) is 0 Å². The molecule has 1 aromatic carbocycles. The molecule has 0 saturated carbocycles. The minimum atomic E-state index is 0.0616. The van der Waals surface area contributed by atoms with Gasteiger partial charge in [-0.05, 0) is 37.0 Å². The van der Waals surface area contributed by atoms with Crippen LogP contribution in [0.4, 0.5) is 0 Å². The molecule has 0 unspecified atom stereocenters. The summed E-state index contributed by atoms with van der Waals surface area (Å²) in [5.74, 6) is 0.945. The molecule has 1 atom stereocenters. The minimum Gasteiger partial charge on any atom is -0.497 e. The fourth-order valence-corrected chi connectivity index (χ4v) is 3.22. The molecular weight excluding hydrogens is 304 g/mol. The van der Waals surface area contributed by atoms with Gasteiger partial charge in [0, 0.05) is 38.4 Å². The Labute approximate surface area is 143 Å². The summed E-state index contributed by atoms with van der Waals surface area (Å²) in [5.41, 5.74) is 2.13. The molecule has 2 aliphatic rings. The third-order valence-electron chi connectivity index (χ3n) is 4.64. The quantitative estimate of drug-likeness (QED) is 0.868. The van der Waals surface area contributed by atoms with Crippen molar-refractivity contribution in [3.63, 3.8) is 0 Å². The summed E-state index contributed by atoms with van der Waals surface area (Å²) >= 11 is 0. The maximum Gasteiger partial charge on any atom is 0.247 e. The topological polar surface area (TPSA) is 50.8 Å². The van der Waals surface area contributed by atoms with Gasteiger partial charge in [-0.25, -0.2) is 0 Å². The number of hydrogen-bond donors (Lipinski definition) is 1. The predicted octanol–water partition coefficient (Wildman–Crippen LogP) is 2.12. The summed E-state index contributed by atoms with van der Waals surface area (Å²) < 4.78 is 10.8. The lowest BCUT2D eigenvalue weighted by atomic mass is 10.1. The normalized spacial score (nSPS) is 21.4. The van der Waals surface area contributed by atoms with E-state index in [9.17, 15) is 4.79 Å². The van der Waals surface area contributed by atoms with Gasteiger partial charge in [-0.3, -0.25) is 9.69 Å². The van der Waals surface area contributed by atoms with E-state index in [2.05, 4.69) is 28.4 Å². The van der Waals surface area contributed by atoms with Crippen molar-refractivity contribution in [1.82, 2.24) is 10.2 Å². The van der Waals surface area contributed by atoms with Gasteiger partial charge < -0.3 is 14.8 Å². The van der Waals surface area contributed by atoms with Gasteiger partial charge >= 0.3 is 0 Å². The second kappa shape index (κ2) is 8.31. The van der Waals surface area contributed by atoms with Crippen LogP contribution in [-0.2, 0) is 16.1 Å². The molecule has 1 N–H and O–H groups in total. The number of amides is 1. The fourth-order valence-electron chi connectivity index (χ4n) is 3.22. The van der Waals surface area contributed by atoms with Crippen LogP contribution in [0.1, 0.15) is 24.8 Å². The van der Waals surface area contributed by atoms with Crippen LogP contribution in [0.5, 0.6) is 5.75 Å². The third kappa shape index (κ3) is 4.58. The second-order valence-corrected chi connectivity index (χ2v) is 6.41. The Balaban J connectivity index is 1.47. The highest BCUT2D eigenvalue weighted by Gasteiger charge is 2.20. The lowest BCUT2D eigenvalue weighted by Crippen LogP contribution is -2.36. The van der Waals surface area contributed by atoms with Crippen molar-refractivity contribution in [3.05, 3.63) is 41.5 Å². The van der Waals surface area contributed by atoms with Crippen LogP contribution in [0.25, 0.3) is 0 Å². The van der Waals surface area contributed by atoms with E-state index in [0.717, 1.165) is 56.8 Å². The number of nitrogens with zero attached hydrogens (tertiary/aromatic N) is 1. The smallest absolute Gasteiger partial charge is 0.247 e. The third-order valence-corrected chi connectivity index (χ3v) is 4.64. The van der Waals surface area contributed by atoms with E-state index >= 15 is 0 Å². The van der Waals surface area contributed by atoms with Crippen LogP contribution in [0, 0.1) is 0 Å². The highest BCUT2D eigenvalue weighted by atomic mass is 16.5. The van der Waals surface area contributed by atoms with Crippen LogP contribution in [-0.4, -0.2) is 50.3 Å². The Hall–Kier alpha value is -1.85. The summed E-state index contributed by atoms with van der Waals surface area (Å²) in [5, 5.41) is 3.01. The van der Waals surface area contributed by atoms with Crippen molar-refractivity contribution in [2.75, 3.05) is 33.4 Å². The largest absolute Gasteiger partial charge is 0.497 e. The van der Waals surface area contributed by atoms with Gasteiger partial charge in [-0.2, -0.15) is 0 Å². The molecule has 1 saturated heterocycles. The molecule has 1 fully saturated rings. The Morgan fingerprint density at radius 2 is 2.38 bits per heavy atom. The number of benzene rings is 1. The van der Waals surface area contributed by atoms with Crippen LogP contribution in [0.2, 0.25) is 0 Å². The van der Waals surface area contributed by atoms with E-state index in [1.165, 1.54) is 5.56 Å². The number of hydrogen-bond acceptors (Lipinski definition) is 4. The van der Waals surface area contributed by atoms with E-state index in [0.29, 0.717) is 6.54 Å². The van der Waals surface area contributed by atoms with Crippen molar-refractivity contribution < 1.29 is 14.3 Å². The highest BCUT2D eigenvalue weighted by molar-refractivity contribution is 5.93. The summed E-state index contributed by atoms with van der Waals surface area (Å²) in [6.07, 6.45) is 5.19. The zero-order chi connectivity index (χ0) is 16.8. The van der Waals surface area contributed by atoms with Crippen LogP contribution in [0.15, 0.2) is 35.9 Å². The first-order chi connectivity index (χ1) is 11.7. The fraction of sp³-hybridized carbons (Fsp3) is 0.526. The van der Waals surface area contributed by atoms with E-state index < -0.39 is 0 Å². The molecule has 0 aromatic heterocycles. The van der Waals surface area contributed by atoms with Crippen molar-refractivity contribution in [2.24, 2.45) is 0 Å². The van der Waals surface area contributed by atoms with Gasteiger partial charge in [-0.1, -0.05) is 18.2 Å². The summed E-state index contributed by atoms with van der Waals surface area (Å²) in [7, 11) is 1.68. The summed E-state index contributed by atoms with van der Waals surface area (Å²) in [6.45, 7) is 4.03. The van der Waals surface area contributed by atoms with Crippen LogP contribution < -0.4 is 10.1 Å². The van der Waals surface area contributed by atoms with Gasteiger partial charge in [0.2, 0.25) is 5.91 Å². The monoisotopic (exact) mass is 330 g/mol. The summed E-state index contributed by atoms with van der Waals surface area (Å²) in [6, 6.07) is 8.14. The van der Waals surface area contributed by atoms with Crippen molar-refractivity contribution in [3.8, 4) is 5.75 Å². The zero-order valence-corrected chi connectivity index (χ0v) is 14.3. The van der Waals surface area contributed by atoms with E-state index in [4.69, 9.17) is 9.47 Å². The number of carbonyl (C=O) groups excluding carboxylic acids is 1. The molecule has 5 nitrogen and oxygen atoms in total. The first-order valence-electron chi connectivity index (χ1n) is 8.69. The lowest BCUT2D eigenvalue weighted by Gasteiger charge is -2.26. The average molecular weight is 330 g/mol. The maximum absolute atomic E-state index is 12.2. The molecule has 3 rings (SSSR count). The highest BCUT2D eigenvalue weighted by Crippen LogP contribution is 2.18. The zero-order valence-electron chi connectivity index (χ0n) is 14.3. The Morgan fingerprint density at radius 1 is 1.46 bits per heavy atom. The maximum atomic E-state index is 12.2. The Kier molecular flexibility index (Phi) is 5.88. The van der Waals surface area contributed by atoms with Crippen molar-refractivity contribution >= 4 is 5.91 Å². The van der Waals surface area contributed by atoms with E-state index in [1.54, 1.807) is 7.11 Å². The van der Waals surface area contributed by atoms with E-state index in [-0.39, 0.29) is 12.0 Å². The Morgan fingerprint density at radius 3 is 3.08 bits per heavy atom. The lowest BCUT2D eigenvalue weighted by molar-refractivity contribution is -0.118. The SMILES string of the molecule is COc1cccc(CN2CC=C(C(=O)NC[C@H]3CCCO3)CC2)c1. The van der Waals surface area contributed by atoms with Crippen molar-refractivity contribution in [1.29, 1.82) is 0 Å². The molecule has 130 valence electrons. The molecule has 1 amide bonds. The second-order valence-electron chi connectivity index (χ2n) is 6.41. The standard InChI is InChI=1S/C19H26N2O3/c1-23-17-5-2-4-15(12-17)14-21-9-7-16(8-10-21)19(22)20-13-18-6-3-11-24-18/h2,4-5,7,12,18H,3,6,8-11,13-14H2,1H3,(H,20,22)/t18-/m1/s1. The predicted molar refractivity (Wildman–Crippen MR) is 93.0 cm³/mol. The average Bonchev–Trinajstić information content (AvgIpc) is 3.14. The molecule has 5 heteroatoms. The van der Waals surface area contributed by atoms with Crippen LogP contribution in [0.3, 0.4) is 0 Å². The Bertz CT molecular complexity index is 594. The minimum absolute atomic E-state index is 0.0616. The van der Waals surface area contributed by atoms with Gasteiger partial charge in [0.15, 0.2) is 0 Å². The molecular formula is C19H26N2O3. The molecule has 2 heterocycles. The molecule has 0 radical (unpaired) electrons. The van der Waals surface area contributed by atoms with Gasteiger partial charge in [0.25, 0.3) is 0 Å². The molecule has 0 spiro atoms. The van der Waals surface area contributed by atoms with Crippen molar-refractivity contribution in [2.45, 2.75) is 31.9 Å². The number of carbonyl (C=O) groups is 1. The number of nitrogens with one attached hydrogen (secondary N) is 1. The molecule has 0 bridgehead atoms. The number of ether oxygens (including phenoxy) is 2. The molecule has 2 aliphatic heterocycles. The number of rotatable bonds is 6. The molecule has 24 heavy (non-hydrogen) atoms. The van der Waals surface area contributed by atoms with Gasteiger partial charge in [0.05, 0.1) is 13.2 Å². The van der Waals surface area contributed by atoms with E-state index in [1.807, 2.05) is 12.1 Å².